The lowest BCUT2D eigenvalue weighted by Crippen LogP contribution is -2.43. The van der Waals surface area contributed by atoms with Crippen molar-refractivity contribution in [2.45, 2.75) is 26.3 Å². The molecule has 1 aromatic carbocycles. The van der Waals surface area contributed by atoms with Crippen LogP contribution in [0.5, 0.6) is 5.75 Å². The minimum absolute atomic E-state index is 0.0885. The third-order valence-corrected chi connectivity index (χ3v) is 2.65. The lowest BCUT2D eigenvalue weighted by atomic mass is 10.1. The highest BCUT2D eigenvalue weighted by atomic mass is 79.9. The molecule has 0 radical (unpaired) electrons. The molecule has 1 rings (SSSR count). The molecule has 0 aliphatic carbocycles. The van der Waals surface area contributed by atoms with E-state index in [1.807, 2.05) is 20.8 Å². The van der Waals surface area contributed by atoms with Gasteiger partial charge in [0.2, 0.25) is 0 Å². The molecule has 0 unspecified atom stereocenters. The maximum Gasteiger partial charge on any atom is 0.273 e. The van der Waals surface area contributed by atoms with Gasteiger partial charge >= 0.3 is 0 Å². The lowest BCUT2D eigenvalue weighted by Gasteiger charge is -2.20. The van der Waals surface area contributed by atoms with Crippen LogP contribution >= 0.6 is 15.9 Å². The van der Waals surface area contributed by atoms with Crippen molar-refractivity contribution in [2.75, 3.05) is 6.61 Å². The normalized spacial score (nSPS) is 10.9. The summed E-state index contributed by atoms with van der Waals surface area (Å²) in [7, 11) is 0. The number of nitrogens with one attached hydrogen (secondary N) is 1. The Balaban J connectivity index is 2.70. The molecule has 0 bridgehead atoms. The lowest BCUT2D eigenvalue weighted by molar-refractivity contribution is -0.385. The van der Waals surface area contributed by atoms with E-state index in [1.54, 1.807) is 0 Å². The number of hydrogen-bond donors (Lipinski definition) is 1. The Morgan fingerprint density at radius 1 is 1.47 bits per heavy atom. The van der Waals surface area contributed by atoms with Gasteiger partial charge in [-0.05, 0) is 42.8 Å². The number of hydrogen-bond acceptors (Lipinski definition) is 4. The summed E-state index contributed by atoms with van der Waals surface area (Å²) in [5.41, 5.74) is -0.435. The smallest absolute Gasteiger partial charge is 0.273 e. The summed E-state index contributed by atoms with van der Waals surface area (Å²) in [5.74, 6) is -0.0239. The first-order valence-corrected chi connectivity index (χ1v) is 6.36. The number of carbonyl (C=O) groups is 1. The van der Waals surface area contributed by atoms with Gasteiger partial charge in [0.25, 0.3) is 11.6 Å². The second kappa shape index (κ2) is 6.01. The summed E-state index contributed by atoms with van der Waals surface area (Å²) < 4.78 is 5.83. The summed E-state index contributed by atoms with van der Waals surface area (Å²) in [6.07, 6.45) is 0. The van der Waals surface area contributed by atoms with Gasteiger partial charge in [-0.25, -0.2) is 0 Å². The fraction of sp³-hybridized carbons (Fsp3) is 0.417. The van der Waals surface area contributed by atoms with E-state index in [-0.39, 0.29) is 29.5 Å². The zero-order valence-corrected chi connectivity index (χ0v) is 12.5. The Morgan fingerprint density at radius 2 is 2.11 bits per heavy atom. The average molecular weight is 331 g/mol. The number of benzene rings is 1. The van der Waals surface area contributed by atoms with E-state index in [1.165, 1.54) is 18.2 Å². The summed E-state index contributed by atoms with van der Waals surface area (Å²) in [6, 6.07) is 4.13. The third-order valence-electron chi connectivity index (χ3n) is 2.00. The van der Waals surface area contributed by atoms with Crippen molar-refractivity contribution >= 4 is 27.5 Å². The molecule has 1 amide bonds. The first-order valence-electron chi connectivity index (χ1n) is 5.57. The number of rotatable bonds is 4. The van der Waals surface area contributed by atoms with E-state index in [2.05, 4.69) is 21.2 Å². The van der Waals surface area contributed by atoms with Gasteiger partial charge in [-0.2, -0.15) is 0 Å². The van der Waals surface area contributed by atoms with E-state index in [9.17, 15) is 14.9 Å². The Morgan fingerprint density at radius 3 is 2.63 bits per heavy atom. The van der Waals surface area contributed by atoms with E-state index in [0.29, 0.717) is 4.47 Å². The van der Waals surface area contributed by atoms with Crippen LogP contribution in [0.25, 0.3) is 0 Å². The maximum atomic E-state index is 11.6. The SMILES string of the molecule is CC(C)(C)NC(=O)COc1cc([N+](=O)[O-])ccc1Br. The molecular weight excluding hydrogens is 316 g/mol. The predicted molar refractivity (Wildman–Crippen MR) is 74.2 cm³/mol. The molecule has 0 aromatic heterocycles. The van der Waals surface area contributed by atoms with Crippen LogP contribution in [0.3, 0.4) is 0 Å². The molecule has 0 aliphatic rings. The molecule has 19 heavy (non-hydrogen) atoms. The van der Waals surface area contributed by atoms with Crippen LogP contribution in [0.4, 0.5) is 5.69 Å². The van der Waals surface area contributed by atoms with Crippen LogP contribution in [0.1, 0.15) is 20.8 Å². The number of amides is 1. The van der Waals surface area contributed by atoms with E-state index in [0.717, 1.165) is 0 Å². The Hall–Kier alpha value is -1.63. The number of halogens is 1. The minimum atomic E-state index is -0.519. The highest BCUT2D eigenvalue weighted by Crippen LogP contribution is 2.29. The predicted octanol–water partition coefficient (Wildman–Crippen LogP) is 2.65. The molecule has 0 heterocycles. The Kier molecular flexibility index (Phi) is 4.88. The van der Waals surface area contributed by atoms with Gasteiger partial charge in [-0.15, -0.1) is 0 Å². The van der Waals surface area contributed by atoms with Crippen LogP contribution in [-0.4, -0.2) is 23.0 Å². The van der Waals surface area contributed by atoms with Gasteiger partial charge in [-0.3, -0.25) is 14.9 Å². The highest BCUT2D eigenvalue weighted by Gasteiger charge is 2.15. The van der Waals surface area contributed by atoms with Crippen LogP contribution in [0.15, 0.2) is 22.7 Å². The molecule has 7 heteroatoms. The number of nitrogens with zero attached hydrogens (tertiary/aromatic N) is 1. The first-order chi connectivity index (χ1) is 8.69. The molecular formula is C12H15BrN2O4. The number of carbonyl (C=O) groups excluding carboxylic acids is 1. The molecule has 0 saturated carbocycles. The molecule has 0 saturated heterocycles. The van der Waals surface area contributed by atoms with Gasteiger partial charge in [-0.1, -0.05) is 0 Å². The summed E-state index contributed by atoms with van der Waals surface area (Å²) in [4.78, 5) is 21.7. The van der Waals surface area contributed by atoms with E-state index in [4.69, 9.17) is 4.74 Å². The fourth-order valence-corrected chi connectivity index (χ4v) is 1.67. The number of ether oxygens (including phenoxy) is 1. The van der Waals surface area contributed by atoms with Crippen molar-refractivity contribution in [1.29, 1.82) is 0 Å². The first kappa shape index (κ1) is 15.4. The molecule has 0 aliphatic heterocycles. The van der Waals surface area contributed by atoms with Crippen LogP contribution < -0.4 is 10.1 Å². The van der Waals surface area contributed by atoms with E-state index >= 15 is 0 Å². The zero-order valence-electron chi connectivity index (χ0n) is 10.9. The van der Waals surface area contributed by atoms with Gasteiger partial charge in [0.1, 0.15) is 5.75 Å². The molecule has 0 spiro atoms. The van der Waals surface area contributed by atoms with Gasteiger partial charge < -0.3 is 10.1 Å². The van der Waals surface area contributed by atoms with E-state index < -0.39 is 4.92 Å². The number of nitro benzene ring substituents is 1. The fourth-order valence-electron chi connectivity index (χ4n) is 1.31. The van der Waals surface area contributed by atoms with Gasteiger partial charge in [0, 0.05) is 11.6 Å². The monoisotopic (exact) mass is 330 g/mol. The summed E-state index contributed by atoms with van der Waals surface area (Å²) in [5, 5.41) is 13.4. The van der Waals surface area contributed by atoms with Crippen molar-refractivity contribution < 1.29 is 14.5 Å². The summed E-state index contributed by atoms with van der Waals surface area (Å²) >= 11 is 3.21. The Bertz CT molecular complexity index is 497. The molecule has 0 fully saturated rings. The highest BCUT2D eigenvalue weighted by molar-refractivity contribution is 9.10. The molecule has 6 nitrogen and oxygen atoms in total. The van der Waals surface area contributed by atoms with Gasteiger partial charge in [0.05, 0.1) is 15.5 Å². The second-order valence-electron chi connectivity index (χ2n) is 4.96. The molecule has 104 valence electrons. The largest absolute Gasteiger partial charge is 0.482 e. The minimum Gasteiger partial charge on any atom is -0.482 e. The quantitative estimate of drug-likeness (QED) is 0.679. The van der Waals surface area contributed by atoms with Crippen LogP contribution in [-0.2, 0) is 4.79 Å². The van der Waals surface area contributed by atoms with Crippen LogP contribution in [0.2, 0.25) is 0 Å². The second-order valence-corrected chi connectivity index (χ2v) is 5.81. The van der Waals surface area contributed by atoms with Crippen molar-refractivity contribution in [3.05, 3.63) is 32.8 Å². The number of nitro groups is 1. The molecule has 1 N–H and O–H groups in total. The maximum absolute atomic E-state index is 11.6. The Labute approximate surface area is 119 Å². The summed E-state index contributed by atoms with van der Waals surface area (Å²) in [6.45, 7) is 5.37. The molecule has 0 atom stereocenters. The zero-order chi connectivity index (χ0) is 14.6. The third kappa shape index (κ3) is 5.25. The molecule has 1 aromatic rings. The number of non-ortho nitro benzene ring substituents is 1. The topological polar surface area (TPSA) is 81.5 Å². The van der Waals surface area contributed by atoms with Crippen molar-refractivity contribution in [1.82, 2.24) is 5.32 Å². The van der Waals surface area contributed by atoms with Crippen molar-refractivity contribution in [3.63, 3.8) is 0 Å². The van der Waals surface area contributed by atoms with Crippen molar-refractivity contribution in [2.24, 2.45) is 0 Å². The van der Waals surface area contributed by atoms with Crippen LogP contribution in [0, 0.1) is 10.1 Å². The average Bonchev–Trinajstić information content (AvgIpc) is 2.25. The van der Waals surface area contributed by atoms with Crippen molar-refractivity contribution in [3.8, 4) is 5.75 Å². The standard InChI is InChI=1S/C12H15BrN2O4/c1-12(2,3)14-11(16)7-19-10-6-8(15(17)18)4-5-9(10)13/h4-6H,7H2,1-3H3,(H,14,16). The van der Waals surface area contributed by atoms with Gasteiger partial charge in [0.15, 0.2) is 6.61 Å².